The van der Waals surface area contributed by atoms with E-state index in [1.807, 2.05) is 13.8 Å². The minimum absolute atomic E-state index is 0.0750. The van der Waals surface area contributed by atoms with Gasteiger partial charge in [0.2, 0.25) is 5.91 Å². The number of nitrogens with one attached hydrogen (secondary N) is 2. The maximum atomic E-state index is 11.3. The maximum Gasteiger partial charge on any atom is 0.233 e. The molecular weight excluding hydrogens is 180 g/mol. The first-order valence-corrected chi connectivity index (χ1v) is 5.35. The Morgan fingerprint density at radius 1 is 1.57 bits per heavy atom. The van der Waals surface area contributed by atoms with E-state index in [1.54, 1.807) is 0 Å². The van der Waals surface area contributed by atoms with Crippen molar-refractivity contribution < 1.29 is 9.53 Å². The van der Waals surface area contributed by atoms with E-state index in [0.29, 0.717) is 12.6 Å². The SMILES string of the molecule is CCCNC(=O)CNC1CCOC1C. The second kappa shape index (κ2) is 5.98. The minimum Gasteiger partial charge on any atom is -0.377 e. The van der Waals surface area contributed by atoms with E-state index in [0.717, 1.165) is 26.0 Å². The molecule has 0 aromatic heterocycles. The van der Waals surface area contributed by atoms with Crippen LogP contribution in [0.1, 0.15) is 26.7 Å². The highest BCUT2D eigenvalue weighted by Crippen LogP contribution is 2.11. The molecular formula is C10H20N2O2. The molecule has 2 N–H and O–H groups in total. The molecule has 1 amide bonds. The third kappa shape index (κ3) is 3.64. The lowest BCUT2D eigenvalue weighted by Crippen LogP contribution is -2.42. The molecule has 0 aromatic rings. The van der Waals surface area contributed by atoms with Gasteiger partial charge in [0, 0.05) is 19.2 Å². The fourth-order valence-electron chi connectivity index (χ4n) is 1.55. The summed E-state index contributed by atoms with van der Waals surface area (Å²) in [6.45, 7) is 6.04. The second-order valence-corrected chi connectivity index (χ2v) is 3.70. The van der Waals surface area contributed by atoms with E-state index in [4.69, 9.17) is 4.74 Å². The van der Waals surface area contributed by atoms with Gasteiger partial charge in [0.1, 0.15) is 0 Å². The molecule has 1 aliphatic rings. The zero-order valence-corrected chi connectivity index (χ0v) is 9.01. The average Bonchev–Trinajstić information content (AvgIpc) is 2.58. The molecule has 0 aliphatic carbocycles. The Morgan fingerprint density at radius 2 is 2.36 bits per heavy atom. The van der Waals surface area contributed by atoms with Crippen LogP contribution in [0.5, 0.6) is 0 Å². The summed E-state index contributed by atoms with van der Waals surface area (Å²) in [6.07, 6.45) is 2.21. The highest BCUT2D eigenvalue weighted by molar-refractivity contribution is 5.77. The molecule has 2 unspecified atom stereocenters. The van der Waals surface area contributed by atoms with Crippen molar-refractivity contribution >= 4 is 5.91 Å². The number of hydrogen-bond acceptors (Lipinski definition) is 3. The van der Waals surface area contributed by atoms with Gasteiger partial charge in [-0.2, -0.15) is 0 Å². The molecule has 0 aromatic carbocycles. The molecule has 0 saturated carbocycles. The van der Waals surface area contributed by atoms with Crippen molar-refractivity contribution in [3.05, 3.63) is 0 Å². The largest absolute Gasteiger partial charge is 0.377 e. The van der Waals surface area contributed by atoms with Gasteiger partial charge >= 0.3 is 0 Å². The van der Waals surface area contributed by atoms with Crippen molar-refractivity contribution in [3.8, 4) is 0 Å². The van der Waals surface area contributed by atoms with Gasteiger partial charge < -0.3 is 15.4 Å². The summed E-state index contributed by atoms with van der Waals surface area (Å²) in [6, 6.07) is 0.336. The van der Waals surface area contributed by atoms with Crippen LogP contribution in [0.15, 0.2) is 0 Å². The third-order valence-corrected chi connectivity index (χ3v) is 2.47. The Kier molecular flexibility index (Phi) is 4.90. The highest BCUT2D eigenvalue weighted by atomic mass is 16.5. The smallest absolute Gasteiger partial charge is 0.233 e. The van der Waals surface area contributed by atoms with E-state index < -0.39 is 0 Å². The molecule has 1 rings (SSSR count). The Bertz CT molecular complexity index is 185. The topological polar surface area (TPSA) is 50.4 Å². The molecule has 4 nitrogen and oxygen atoms in total. The molecule has 1 heterocycles. The molecule has 14 heavy (non-hydrogen) atoms. The van der Waals surface area contributed by atoms with Gasteiger partial charge in [0.05, 0.1) is 12.6 Å². The predicted molar refractivity (Wildman–Crippen MR) is 55.1 cm³/mol. The third-order valence-electron chi connectivity index (χ3n) is 2.47. The van der Waals surface area contributed by atoms with Gasteiger partial charge in [-0.05, 0) is 19.8 Å². The molecule has 0 spiro atoms. The van der Waals surface area contributed by atoms with Gasteiger partial charge in [0.15, 0.2) is 0 Å². The van der Waals surface area contributed by atoms with Gasteiger partial charge in [-0.25, -0.2) is 0 Å². The Hall–Kier alpha value is -0.610. The van der Waals surface area contributed by atoms with Crippen molar-refractivity contribution in [1.29, 1.82) is 0 Å². The second-order valence-electron chi connectivity index (χ2n) is 3.70. The summed E-state index contributed by atoms with van der Waals surface area (Å²) in [5.74, 6) is 0.0750. The van der Waals surface area contributed by atoms with Gasteiger partial charge in [-0.3, -0.25) is 4.79 Å². The summed E-state index contributed by atoms with van der Waals surface area (Å²) in [7, 11) is 0. The molecule has 0 radical (unpaired) electrons. The van der Waals surface area contributed by atoms with Crippen LogP contribution >= 0.6 is 0 Å². The summed E-state index contributed by atoms with van der Waals surface area (Å²) in [5, 5.41) is 6.03. The van der Waals surface area contributed by atoms with Crippen LogP contribution in [0.2, 0.25) is 0 Å². The van der Waals surface area contributed by atoms with Crippen LogP contribution in [0.3, 0.4) is 0 Å². The van der Waals surface area contributed by atoms with Crippen molar-refractivity contribution in [2.24, 2.45) is 0 Å². The van der Waals surface area contributed by atoms with E-state index in [2.05, 4.69) is 10.6 Å². The van der Waals surface area contributed by atoms with Crippen LogP contribution in [0.25, 0.3) is 0 Å². The minimum atomic E-state index is 0.0750. The lowest BCUT2D eigenvalue weighted by Gasteiger charge is -2.15. The Morgan fingerprint density at radius 3 is 2.93 bits per heavy atom. The van der Waals surface area contributed by atoms with E-state index in [1.165, 1.54) is 0 Å². The lowest BCUT2D eigenvalue weighted by molar-refractivity contribution is -0.120. The van der Waals surface area contributed by atoms with Crippen LogP contribution in [-0.4, -0.2) is 37.7 Å². The van der Waals surface area contributed by atoms with Crippen molar-refractivity contribution in [1.82, 2.24) is 10.6 Å². The van der Waals surface area contributed by atoms with Crippen LogP contribution in [0, 0.1) is 0 Å². The normalized spacial score (nSPS) is 26.4. The summed E-state index contributed by atoms with van der Waals surface area (Å²) in [4.78, 5) is 11.3. The number of ether oxygens (including phenoxy) is 1. The van der Waals surface area contributed by atoms with Gasteiger partial charge in [0.25, 0.3) is 0 Å². The Labute approximate surface area is 85.4 Å². The van der Waals surface area contributed by atoms with Crippen LogP contribution in [0.4, 0.5) is 0 Å². The number of hydrogen-bond donors (Lipinski definition) is 2. The number of carbonyl (C=O) groups is 1. The summed E-state index contributed by atoms with van der Waals surface area (Å²) in [5.41, 5.74) is 0. The average molecular weight is 200 g/mol. The lowest BCUT2D eigenvalue weighted by atomic mass is 10.1. The number of carbonyl (C=O) groups excluding carboxylic acids is 1. The van der Waals surface area contributed by atoms with Gasteiger partial charge in [-0.15, -0.1) is 0 Å². The number of rotatable bonds is 5. The molecule has 0 bridgehead atoms. The Balaban J connectivity index is 2.10. The van der Waals surface area contributed by atoms with Crippen molar-refractivity contribution in [3.63, 3.8) is 0 Å². The molecule has 1 saturated heterocycles. The van der Waals surface area contributed by atoms with Gasteiger partial charge in [-0.1, -0.05) is 6.92 Å². The van der Waals surface area contributed by atoms with Crippen molar-refractivity contribution in [2.75, 3.05) is 19.7 Å². The van der Waals surface area contributed by atoms with E-state index in [9.17, 15) is 4.79 Å². The van der Waals surface area contributed by atoms with Crippen molar-refractivity contribution in [2.45, 2.75) is 38.8 Å². The van der Waals surface area contributed by atoms with E-state index in [-0.39, 0.29) is 12.0 Å². The molecule has 2 atom stereocenters. The zero-order valence-electron chi connectivity index (χ0n) is 9.01. The summed E-state index contributed by atoms with van der Waals surface area (Å²) < 4.78 is 5.38. The molecule has 1 aliphatic heterocycles. The first kappa shape index (κ1) is 11.5. The molecule has 1 fully saturated rings. The maximum absolute atomic E-state index is 11.3. The quantitative estimate of drug-likeness (QED) is 0.670. The fourth-order valence-corrected chi connectivity index (χ4v) is 1.55. The molecule has 82 valence electrons. The monoisotopic (exact) mass is 200 g/mol. The number of amides is 1. The van der Waals surface area contributed by atoms with E-state index >= 15 is 0 Å². The summed E-state index contributed by atoms with van der Waals surface area (Å²) >= 11 is 0. The standard InChI is InChI=1S/C10H20N2O2/c1-3-5-11-10(13)7-12-9-4-6-14-8(9)2/h8-9,12H,3-7H2,1-2H3,(H,11,13). The predicted octanol–water partition coefficient (Wildman–Crippen LogP) is 0.280. The molecule has 4 heteroatoms. The first-order chi connectivity index (χ1) is 6.74. The first-order valence-electron chi connectivity index (χ1n) is 5.35. The van der Waals surface area contributed by atoms with Crippen LogP contribution in [-0.2, 0) is 9.53 Å². The fraction of sp³-hybridized carbons (Fsp3) is 0.900. The zero-order chi connectivity index (χ0) is 10.4. The van der Waals surface area contributed by atoms with Crippen LogP contribution < -0.4 is 10.6 Å². The highest BCUT2D eigenvalue weighted by Gasteiger charge is 2.23.